The Bertz CT molecular complexity index is 431. The van der Waals surface area contributed by atoms with Crippen LogP contribution in [0.3, 0.4) is 0 Å². The minimum atomic E-state index is 0.0178. The highest BCUT2D eigenvalue weighted by atomic mass is 16.5. The fourth-order valence-electron chi connectivity index (χ4n) is 2.40. The van der Waals surface area contributed by atoms with Crippen LogP contribution in [0.2, 0.25) is 0 Å². The maximum absolute atomic E-state index is 5.95. The van der Waals surface area contributed by atoms with Crippen LogP contribution in [-0.4, -0.2) is 32.5 Å². The highest BCUT2D eigenvalue weighted by Gasteiger charge is 2.31. The molecule has 1 atom stereocenters. The third kappa shape index (κ3) is 3.53. The third-order valence-electron chi connectivity index (χ3n) is 3.47. The third-order valence-corrected chi connectivity index (χ3v) is 3.47. The first-order valence-electron chi connectivity index (χ1n) is 6.68. The first kappa shape index (κ1) is 14.0. The van der Waals surface area contributed by atoms with Crippen molar-refractivity contribution in [1.29, 1.82) is 0 Å². The molecule has 4 nitrogen and oxygen atoms in total. The zero-order chi connectivity index (χ0) is 13.9. The van der Waals surface area contributed by atoms with Gasteiger partial charge in [0.15, 0.2) is 11.5 Å². The van der Waals surface area contributed by atoms with Gasteiger partial charge in [-0.3, -0.25) is 0 Å². The van der Waals surface area contributed by atoms with Crippen LogP contribution in [0.4, 0.5) is 5.69 Å². The zero-order valence-corrected chi connectivity index (χ0v) is 12.2. The van der Waals surface area contributed by atoms with Gasteiger partial charge in [-0.05, 0) is 38.8 Å². The van der Waals surface area contributed by atoms with Gasteiger partial charge in [0, 0.05) is 18.3 Å². The molecule has 19 heavy (non-hydrogen) atoms. The summed E-state index contributed by atoms with van der Waals surface area (Å²) in [7, 11) is 3.28. The van der Waals surface area contributed by atoms with E-state index in [1.807, 2.05) is 18.2 Å². The van der Waals surface area contributed by atoms with E-state index in [0.717, 1.165) is 36.6 Å². The van der Waals surface area contributed by atoms with E-state index in [-0.39, 0.29) is 11.7 Å². The second-order valence-electron chi connectivity index (χ2n) is 5.49. The summed E-state index contributed by atoms with van der Waals surface area (Å²) in [6, 6.07) is 5.83. The molecule has 1 unspecified atom stereocenters. The molecule has 1 fully saturated rings. The smallest absolute Gasteiger partial charge is 0.162 e. The average molecular weight is 265 g/mol. The van der Waals surface area contributed by atoms with Gasteiger partial charge in [-0.1, -0.05) is 0 Å². The fraction of sp³-hybridized carbons (Fsp3) is 0.600. The second kappa shape index (κ2) is 5.70. The summed E-state index contributed by atoms with van der Waals surface area (Å²) in [6.07, 6.45) is 2.50. The first-order chi connectivity index (χ1) is 9.04. The Kier molecular flexibility index (Phi) is 4.20. The van der Waals surface area contributed by atoms with Gasteiger partial charge in [0.25, 0.3) is 0 Å². The van der Waals surface area contributed by atoms with E-state index in [1.54, 1.807) is 14.2 Å². The molecule has 2 rings (SSSR count). The Hall–Kier alpha value is -1.42. The number of hydrogen-bond donors (Lipinski definition) is 1. The highest BCUT2D eigenvalue weighted by Crippen LogP contribution is 2.31. The predicted molar refractivity (Wildman–Crippen MR) is 76.2 cm³/mol. The summed E-state index contributed by atoms with van der Waals surface area (Å²) >= 11 is 0. The van der Waals surface area contributed by atoms with Crippen molar-refractivity contribution in [3.8, 4) is 11.5 Å². The van der Waals surface area contributed by atoms with Crippen molar-refractivity contribution in [3.05, 3.63) is 18.2 Å². The largest absolute Gasteiger partial charge is 0.493 e. The molecule has 0 amide bonds. The minimum absolute atomic E-state index is 0.0178. The number of ether oxygens (including phenoxy) is 3. The van der Waals surface area contributed by atoms with Crippen molar-refractivity contribution < 1.29 is 14.2 Å². The lowest BCUT2D eigenvalue weighted by atomic mass is 10.1. The number of nitrogens with one attached hydrogen (secondary N) is 1. The van der Waals surface area contributed by atoms with E-state index < -0.39 is 0 Å². The molecule has 0 saturated carbocycles. The van der Waals surface area contributed by atoms with Crippen LogP contribution in [0.25, 0.3) is 0 Å². The Labute approximate surface area is 115 Å². The van der Waals surface area contributed by atoms with E-state index in [4.69, 9.17) is 14.2 Å². The minimum Gasteiger partial charge on any atom is -0.493 e. The molecule has 1 heterocycles. The van der Waals surface area contributed by atoms with Crippen LogP contribution in [0, 0.1) is 0 Å². The summed E-state index contributed by atoms with van der Waals surface area (Å²) in [5.74, 6) is 1.48. The van der Waals surface area contributed by atoms with Gasteiger partial charge < -0.3 is 19.5 Å². The van der Waals surface area contributed by atoms with Crippen LogP contribution < -0.4 is 14.8 Å². The molecule has 1 aromatic rings. The zero-order valence-electron chi connectivity index (χ0n) is 12.2. The Morgan fingerprint density at radius 3 is 2.58 bits per heavy atom. The molecule has 1 aliphatic rings. The molecule has 1 saturated heterocycles. The Morgan fingerprint density at radius 1 is 1.26 bits per heavy atom. The number of methoxy groups -OCH3 is 2. The average Bonchev–Trinajstić information content (AvgIpc) is 2.75. The molecule has 1 aliphatic heterocycles. The molecule has 1 N–H and O–H groups in total. The van der Waals surface area contributed by atoms with E-state index in [9.17, 15) is 0 Å². The lowest BCUT2D eigenvalue weighted by Gasteiger charge is -2.20. The molecule has 0 aromatic heterocycles. The topological polar surface area (TPSA) is 39.7 Å². The van der Waals surface area contributed by atoms with Gasteiger partial charge in [-0.15, -0.1) is 0 Å². The summed E-state index contributed by atoms with van der Waals surface area (Å²) in [5, 5.41) is 3.39. The highest BCUT2D eigenvalue weighted by molar-refractivity contribution is 5.54. The number of anilines is 1. The molecule has 106 valence electrons. The van der Waals surface area contributed by atoms with Crippen molar-refractivity contribution >= 4 is 5.69 Å². The van der Waals surface area contributed by atoms with E-state index in [2.05, 4.69) is 19.2 Å². The summed E-state index contributed by atoms with van der Waals surface area (Å²) in [4.78, 5) is 0. The van der Waals surface area contributed by atoms with Crippen LogP contribution in [0.1, 0.15) is 26.7 Å². The van der Waals surface area contributed by atoms with Crippen LogP contribution >= 0.6 is 0 Å². The van der Waals surface area contributed by atoms with Gasteiger partial charge in [0.2, 0.25) is 0 Å². The number of benzene rings is 1. The quantitative estimate of drug-likeness (QED) is 0.888. The lowest BCUT2D eigenvalue weighted by molar-refractivity contribution is -0.00911. The van der Waals surface area contributed by atoms with Crippen LogP contribution in [-0.2, 0) is 4.74 Å². The van der Waals surface area contributed by atoms with Crippen molar-refractivity contribution in [2.45, 2.75) is 38.4 Å². The fourth-order valence-corrected chi connectivity index (χ4v) is 2.40. The maximum atomic E-state index is 5.95. The molecule has 0 bridgehead atoms. The Balaban J connectivity index is 1.93. The first-order valence-corrected chi connectivity index (χ1v) is 6.68. The van der Waals surface area contributed by atoms with Crippen molar-refractivity contribution in [2.24, 2.45) is 0 Å². The van der Waals surface area contributed by atoms with E-state index >= 15 is 0 Å². The molecule has 0 radical (unpaired) electrons. The van der Waals surface area contributed by atoms with Crippen molar-refractivity contribution in [1.82, 2.24) is 0 Å². The summed E-state index contributed by atoms with van der Waals surface area (Å²) < 4.78 is 16.5. The summed E-state index contributed by atoms with van der Waals surface area (Å²) in [6.45, 7) is 5.10. The van der Waals surface area contributed by atoms with Gasteiger partial charge in [-0.25, -0.2) is 0 Å². The summed E-state index contributed by atoms with van der Waals surface area (Å²) in [5.41, 5.74) is 1.04. The Morgan fingerprint density at radius 2 is 2.00 bits per heavy atom. The van der Waals surface area contributed by atoms with Crippen LogP contribution in [0.15, 0.2) is 18.2 Å². The van der Waals surface area contributed by atoms with E-state index in [1.165, 1.54) is 0 Å². The molecule has 4 heteroatoms. The normalized spacial score (nSPS) is 21.2. The monoisotopic (exact) mass is 265 g/mol. The van der Waals surface area contributed by atoms with Gasteiger partial charge >= 0.3 is 0 Å². The van der Waals surface area contributed by atoms with Crippen molar-refractivity contribution in [3.63, 3.8) is 0 Å². The molecule has 0 aliphatic carbocycles. The van der Waals surface area contributed by atoms with Gasteiger partial charge in [0.05, 0.1) is 25.9 Å². The maximum Gasteiger partial charge on any atom is 0.162 e. The molecular formula is C15H23NO3. The van der Waals surface area contributed by atoms with Gasteiger partial charge in [0.1, 0.15) is 0 Å². The lowest BCUT2D eigenvalue weighted by Crippen LogP contribution is -2.24. The molecule has 1 aromatic carbocycles. The predicted octanol–water partition coefficient (Wildman–Crippen LogP) is 3.07. The van der Waals surface area contributed by atoms with Gasteiger partial charge in [-0.2, -0.15) is 0 Å². The number of hydrogen-bond acceptors (Lipinski definition) is 4. The SMILES string of the molecule is COc1ccc(NCC2CCC(C)(C)O2)cc1OC. The standard InChI is InChI=1S/C15H23NO3/c1-15(2)8-7-12(19-15)10-16-11-5-6-13(17-3)14(9-11)18-4/h5-6,9,12,16H,7-8,10H2,1-4H3. The van der Waals surface area contributed by atoms with Crippen molar-refractivity contribution in [2.75, 3.05) is 26.1 Å². The molecule has 0 spiro atoms. The van der Waals surface area contributed by atoms with E-state index in [0.29, 0.717) is 0 Å². The molecular weight excluding hydrogens is 242 g/mol. The number of rotatable bonds is 5. The van der Waals surface area contributed by atoms with Crippen LogP contribution in [0.5, 0.6) is 11.5 Å². The second-order valence-corrected chi connectivity index (χ2v) is 5.49.